The number of benzene rings is 7. The topological polar surface area (TPSA) is 54.8 Å². The summed E-state index contributed by atoms with van der Waals surface area (Å²) in [5, 5.41) is 10.8. The first kappa shape index (κ1) is 27.9. The quantitative estimate of drug-likeness (QED) is 0.206. The summed E-state index contributed by atoms with van der Waals surface area (Å²) in [6.45, 7) is 0. The van der Waals surface area contributed by atoms with E-state index in [0.29, 0.717) is 16.4 Å². The Morgan fingerprint density at radius 1 is 0.592 bits per heavy atom. The second-order valence-corrected chi connectivity index (χ2v) is 12.8. The summed E-state index contributed by atoms with van der Waals surface area (Å²) >= 11 is 7.06. The van der Waals surface area contributed by atoms with Crippen molar-refractivity contribution in [3.8, 4) is 5.69 Å². The van der Waals surface area contributed by atoms with Crippen molar-refractivity contribution in [1.29, 1.82) is 0 Å². The Bertz CT molecular complexity index is 2810. The van der Waals surface area contributed by atoms with Gasteiger partial charge in [0.1, 0.15) is 23.2 Å². The van der Waals surface area contributed by atoms with Crippen LogP contribution in [-0.2, 0) is 0 Å². The van der Waals surface area contributed by atoms with Gasteiger partial charge in [0.2, 0.25) is 0 Å². The lowest BCUT2D eigenvalue weighted by Gasteiger charge is -2.24. The molecule has 2 aromatic heterocycles. The Hall–Kier alpha value is -6.17. The number of hydrogen-bond acceptors (Lipinski definition) is 4. The molecule has 0 aliphatic carbocycles. The predicted molar refractivity (Wildman–Crippen MR) is 202 cm³/mol. The average Bonchev–Trinajstić information content (AvgIpc) is 3.69. The van der Waals surface area contributed by atoms with Crippen LogP contribution in [0.2, 0.25) is 5.02 Å². The molecule has 1 aliphatic heterocycles. The van der Waals surface area contributed by atoms with Crippen LogP contribution in [0.15, 0.2) is 166 Å². The molecule has 1 atom stereocenters. The average molecular weight is 651 g/mol. The van der Waals surface area contributed by atoms with Gasteiger partial charge in [-0.2, -0.15) is 0 Å². The molecule has 1 unspecified atom stereocenters. The summed E-state index contributed by atoms with van der Waals surface area (Å²) in [7, 11) is 0. The molecule has 6 heteroatoms. The van der Waals surface area contributed by atoms with Crippen molar-refractivity contribution in [2.45, 2.75) is 6.17 Å². The SMILES string of the molecule is Clc1cc(C2=NC(c3ccc4c5ccccc5n(-c5ccccc5)c4c3)NC(c3ccccc3)=N2)cc2oc3cc4ccccc4cc3c12. The van der Waals surface area contributed by atoms with Gasteiger partial charge in [0, 0.05) is 38.4 Å². The number of amidine groups is 2. The van der Waals surface area contributed by atoms with Crippen LogP contribution >= 0.6 is 11.6 Å². The zero-order chi connectivity index (χ0) is 32.5. The molecule has 49 heavy (non-hydrogen) atoms. The molecule has 1 N–H and O–H groups in total. The summed E-state index contributed by atoms with van der Waals surface area (Å²) in [6, 6.07) is 52.3. The molecule has 0 bridgehead atoms. The van der Waals surface area contributed by atoms with Gasteiger partial charge in [-0.1, -0.05) is 115 Å². The van der Waals surface area contributed by atoms with Crippen LogP contribution < -0.4 is 5.32 Å². The first-order valence-corrected chi connectivity index (χ1v) is 16.7. The van der Waals surface area contributed by atoms with Crippen molar-refractivity contribution in [1.82, 2.24) is 9.88 Å². The lowest BCUT2D eigenvalue weighted by Crippen LogP contribution is -2.33. The normalized spacial score (nSPS) is 14.8. The highest BCUT2D eigenvalue weighted by molar-refractivity contribution is 6.38. The van der Waals surface area contributed by atoms with E-state index in [1.165, 1.54) is 10.8 Å². The van der Waals surface area contributed by atoms with Gasteiger partial charge in [0.25, 0.3) is 0 Å². The van der Waals surface area contributed by atoms with Gasteiger partial charge in [-0.3, -0.25) is 0 Å². The molecule has 0 fully saturated rings. The lowest BCUT2D eigenvalue weighted by molar-refractivity contribution is 0.668. The van der Waals surface area contributed by atoms with Crippen LogP contribution in [0.1, 0.15) is 22.9 Å². The molecular weight excluding hydrogens is 624 g/mol. The summed E-state index contributed by atoms with van der Waals surface area (Å²) in [5.41, 5.74) is 7.68. The van der Waals surface area contributed by atoms with E-state index in [4.69, 9.17) is 26.0 Å². The Morgan fingerprint density at radius 3 is 2.14 bits per heavy atom. The molecule has 5 nitrogen and oxygen atoms in total. The number of aliphatic imine (C=N–C) groups is 2. The maximum atomic E-state index is 7.06. The number of para-hydroxylation sites is 2. The van der Waals surface area contributed by atoms with E-state index < -0.39 is 6.17 Å². The van der Waals surface area contributed by atoms with Crippen LogP contribution in [0.4, 0.5) is 0 Å². The van der Waals surface area contributed by atoms with E-state index in [-0.39, 0.29) is 0 Å². The third-order valence-electron chi connectivity index (χ3n) is 9.47. The molecule has 1 aliphatic rings. The van der Waals surface area contributed by atoms with E-state index in [1.807, 2.05) is 48.5 Å². The number of fused-ring (bicyclic) bond motifs is 7. The second-order valence-electron chi connectivity index (χ2n) is 12.4. The molecule has 0 saturated heterocycles. The van der Waals surface area contributed by atoms with Crippen LogP contribution in [-0.4, -0.2) is 16.2 Å². The van der Waals surface area contributed by atoms with Crippen molar-refractivity contribution >= 4 is 77.8 Å². The highest BCUT2D eigenvalue weighted by atomic mass is 35.5. The minimum Gasteiger partial charge on any atom is -0.456 e. The van der Waals surface area contributed by atoms with Gasteiger partial charge < -0.3 is 14.3 Å². The molecule has 0 amide bonds. The first-order chi connectivity index (χ1) is 24.2. The highest BCUT2D eigenvalue weighted by Gasteiger charge is 2.24. The van der Waals surface area contributed by atoms with Gasteiger partial charge in [0.05, 0.1) is 16.1 Å². The molecule has 0 saturated carbocycles. The minimum atomic E-state index is -0.398. The van der Waals surface area contributed by atoms with Gasteiger partial charge in [-0.15, -0.1) is 0 Å². The van der Waals surface area contributed by atoms with Crippen LogP contribution in [0.25, 0.3) is 60.2 Å². The van der Waals surface area contributed by atoms with Crippen LogP contribution in [0, 0.1) is 0 Å². The molecule has 3 heterocycles. The summed E-state index contributed by atoms with van der Waals surface area (Å²) < 4.78 is 8.75. The summed E-state index contributed by atoms with van der Waals surface area (Å²) in [5.74, 6) is 1.33. The second kappa shape index (κ2) is 10.9. The van der Waals surface area contributed by atoms with Crippen molar-refractivity contribution in [3.05, 3.63) is 173 Å². The van der Waals surface area contributed by atoms with Gasteiger partial charge in [-0.25, -0.2) is 9.98 Å². The van der Waals surface area contributed by atoms with Crippen LogP contribution in [0.3, 0.4) is 0 Å². The molecule has 9 aromatic rings. The number of nitrogens with one attached hydrogen (secondary N) is 1. The maximum Gasteiger partial charge on any atom is 0.159 e. The number of rotatable bonds is 4. The predicted octanol–water partition coefficient (Wildman–Crippen LogP) is 11.0. The number of hydrogen-bond donors (Lipinski definition) is 1. The number of aromatic nitrogens is 1. The van der Waals surface area contributed by atoms with E-state index in [2.05, 4.69) is 113 Å². The Kier molecular flexibility index (Phi) is 6.23. The van der Waals surface area contributed by atoms with Gasteiger partial charge >= 0.3 is 0 Å². The van der Waals surface area contributed by atoms with E-state index in [0.717, 1.165) is 66.4 Å². The van der Waals surface area contributed by atoms with Crippen molar-refractivity contribution in [2.24, 2.45) is 9.98 Å². The molecule has 0 spiro atoms. The smallest absolute Gasteiger partial charge is 0.159 e. The van der Waals surface area contributed by atoms with Crippen molar-refractivity contribution < 1.29 is 4.42 Å². The Balaban J connectivity index is 1.15. The summed E-state index contributed by atoms with van der Waals surface area (Å²) in [6.07, 6.45) is -0.398. The fraction of sp³-hybridized carbons (Fsp3) is 0.0233. The third kappa shape index (κ3) is 4.55. The minimum absolute atomic E-state index is 0.398. The highest BCUT2D eigenvalue weighted by Crippen LogP contribution is 2.38. The first-order valence-electron chi connectivity index (χ1n) is 16.3. The molecule has 7 aromatic carbocycles. The number of furan rings is 1. The van der Waals surface area contributed by atoms with E-state index in [9.17, 15) is 0 Å². The van der Waals surface area contributed by atoms with E-state index >= 15 is 0 Å². The van der Waals surface area contributed by atoms with Gasteiger partial charge in [0.15, 0.2) is 5.84 Å². The largest absolute Gasteiger partial charge is 0.456 e. The zero-order valence-corrected chi connectivity index (χ0v) is 26.9. The Labute approximate surface area is 286 Å². The maximum absolute atomic E-state index is 7.06. The fourth-order valence-electron chi connectivity index (χ4n) is 7.17. The van der Waals surface area contributed by atoms with Crippen molar-refractivity contribution in [3.63, 3.8) is 0 Å². The standard InChI is InChI=1S/C43H27ClN4O/c44-35-22-30(25-39-40(35)34-21-27-13-7-8-14-28(27)24-38(34)49-39)43-46-41(26-11-3-1-4-12-26)45-42(47-43)29-19-20-33-32-17-9-10-18-36(32)48(37(33)23-29)31-15-5-2-6-16-31/h1-25,42H,(H,45,46,47). The van der Waals surface area contributed by atoms with Crippen LogP contribution in [0.5, 0.6) is 0 Å². The third-order valence-corrected chi connectivity index (χ3v) is 9.77. The van der Waals surface area contributed by atoms with Gasteiger partial charge in [-0.05, 0) is 64.9 Å². The molecule has 10 rings (SSSR count). The lowest BCUT2D eigenvalue weighted by atomic mass is 10.0. The Morgan fingerprint density at radius 2 is 1.31 bits per heavy atom. The molecular formula is C43H27ClN4O. The van der Waals surface area contributed by atoms with E-state index in [1.54, 1.807) is 0 Å². The van der Waals surface area contributed by atoms with Crippen molar-refractivity contribution in [2.75, 3.05) is 0 Å². The summed E-state index contributed by atoms with van der Waals surface area (Å²) in [4.78, 5) is 10.3. The number of nitrogens with zero attached hydrogens (tertiary/aromatic N) is 3. The fourth-order valence-corrected chi connectivity index (χ4v) is 7.49. The zero-order valence-electron chi connectivity index (χ0n) is 26.1. The number of halogens is 1. The molecule has 0 radical (unpaired) electrons. The molecule has 232 valence electrons. The monoisotopic (exact) mass is 650 g/mol.